The largest absolute Gasteiger partial charge is 0.398 e. The SMILES string of the molecule is Cc1c(N)ccc(C=CCC=O)c1F. The molecule has 0 atom stereocenters. The lowest BCUT2D eigenvalue weighted by Crippen LogP contribution is -1.94. The molecule has 0 heterocycles. The summed E-state index contributed by atoms with van der Waals surface area (Å²) in [6.07, 6.45) is 4.25. The summed E-state index contributed by atoms with van der Waals surface area (Å²) in [4.78, 5) is 10.0. The van der Waals surface area contributed by atoms with Gasteiger partial charge in [-0.1, -0.05) is 12.2 Å². The van der Waals surface area contributed by atoms with Crippen LogP contribution in [-0.4, -0.2) is 6.29 Å². The molecule has 0 fully saturated rings. The van der Waals surface area contributed by atoms with E-state index in [0.717, 1.165) is 6.29 Å². The summed E-state index contributed by atoms with van der Waals surface area (Å²) in [5, 5.41) is 0. The fraction of sp³-hybridized carbons (Fsp3) is 0.182. The molecule has 0 saturated heterocycles. The molecule has 2 N–H and O–H groups in total. The number of aldehydes is 1. The molecule has 0 radical (unpaired) electrons. The Morgan fingerprint density at radius 2 is 2.21 bits per heavy atom. The molecule has 0 unspecified atom stereocenters. The van der Waals surface area contributed by atoms with Crippen molar-refractivity contribution in [1.82, 2.24) is 0 Å². The van der Waals surface area contributed by atoms with E-state index in [1.54, 1.807) is 31.2 Å². The Labute approximate surface area is 82.2 Å². The Kier molecular flexibility index (Phi) is 3.40. The molecule has 0 spiro atoms. The van der Waals surface area contributed by atoms with E-state index in [-0.39, 0.29) is 5.82 Å². The Bertz CT molecular complexity index is 372. The molecule has 1 rings (SSSR count). The average Bonchev–Trinajstić information content (AvgIpc) is 2.18. The van der Waals surface area contributed by atoms with Crippen LogP contribution in [0, 0.1) is 12.7 Å². The number of hydrogen-bond donors (Lipinski definition) is 1. The third kappa shape index (κ3) is 2.19. The van der Waals surface area contributed by atoms with E-state index in [4.69, 9.17) is 5.73 Å². The molecule has 0 aliphatic rings. The summed E-state index contributed by atoms with van der Waals surface area (Å²) in [5.41, 5.74) is 6.86. The zero-order valence-electron chi connectivity index (χ0n) is 7.96. The molecule has 14 heavy (non-hydrogen) atoms. The zero-order chi connectivity index (χ0) is 10.6. The first-order valence-electron chi connectivity index (χ1n) is 4.31. The number of halogens is 1. The first-order chi connectivity index (χ1) is 6.66. The lowest BCUT2D eigenvalue weighted by molar-refractivity contribution is -0.107. The first kappa shape index (κ1) is 10.4. The van der Waals surface area contributed by atoms with Crippen LogP contribution in [0.5, 0.6) is 0 Å². The molecule has 2 nitrogen and oxygen atoms in total. The Balaban J connectivity index is 2.99. The molecular formula is C11H12FNO. The van der Waals surface area contributed by atoms with Crippen molar-refractivity contribution in [2.24, 2.45) is 0 Å². The van der Waals surface area contributed by atoms with E-state index in [1.807, 2.05) is 0 Å². The van der Waals surface area contributed by atoms with Crippen LogP contribution >= 0.6 is 0 Å². The number of carbonyl (C=O) groups excluding carboxylic acids is 1. The number of allylic oxidation sites excluding steroid dienone is 1. The second-order valence-electron chi connectivity index (χ2n) is 2.99. The van der Waals surface area contributed by atoms with Gasteiger partial charge in [-0.3, -0.25) is 0 Å². The average molecular weight is 193 g/mol. The summed E-state index contributed by atoms with van der Waals surface area (Å²) < 4.78 is 13.5. The van der Waals surface area contributed by atoms with Gasteiger partial charge in [-0.25, -0.2) is 4.39 Å². The number of hydrogen-bond acceptors (Lipinski definition) is 2. The minimum Gasteiger partial charge on any atom is -0.398 e. The summed E-state index contributed by atoms with van der Waals surface area (Å²) in [7, 11) is 0. The van der Waals surface area contributed by atoms with Crippen molar-refractivity contribution in [3.63, 3.8) is 0 Å². The lowest BCUT2D eigenvalue weighted by Gasteiger charge is -2.03. The van der Waals surface area contributed by atoms with E-state index in [0.29, 0.717) is 23.2 Å². The molecule has 1 aromatic rings. The summed E-state index contributed by atoms with van der Waals surface area (Å²) in [5.74, 6) is -0.327. The molecule has 0 aromatic heterocycles. The number of nitrogen functional groups attached to an aromatic ring is 1. The molecule has 1 aromatic carbocycles. The number of benzene rings is 1. The number of rotatable bonds is 3. The van der Waals surface area contributed by atoms with Crippen LogP contribution in [0.25, 0.3) is 6.08 Å². The highest BCUT2D eigenvalue weighted by atomic mass is 19.1. The first-order valence-corrected chi connectivity index (χ1v) is 4.31. The van der Waals surface area contributed by atoms with Crippen LogP contribution in [0.3, 0.4) is 0 Å². The maximum Gasteiger partial charge on any atom is 0.135 e. The van der Waals surface area contributed by atoms with Gasteiger partial charge in [0, 0.05) is 23.2 Å². The molecule has 0 aliphatic carbocycles. The van der Waals surface area contributed by atoms with Crippen molar-refractivity contribution in [1.29, 1.82) is 0 Å². The standard InChI is InChI=1S/C11H12FNO/c1-8-10(13)6-5-9(11(8)12)4-2-3-7-14/h2,4-7H,3,13H2,1H3. The molecule has 74 valence electrons. The van der Waals surface area contributed by atoms with Gasteiger partial charge in [-0.05, 0) is 19.1 Å². The molecule has 3 heteroatoms. The van der Waals surface area contributed by atoms with E-state index in [9.17, 15) is 9.18 Å². The van der Waals surface area contributed by atoms with Gasteiger partial charge in [0.25, 0.3) is 0 Å². The van der Waals surface area contributed by atoms with Gasteiger partial charge < -0.3 is 10.5 Å². The highest BCUT2D eigenvalue weighted by Crippen LogP contribution is 2.19. The van der Waals surface area contributed by atoms with E-state index >= 15 is 0 Å². The Morgan fingerprint density at radius 1 is 1.50 bits per heavy atom. The minimum absolute atomic E-state index is 0.295. The van der Waals surface area contributed by atoms with Crippen LogP contribution in [0.4, 0.5) is 10.1 Å². The maximum atomic E-state index is 13.5. The molecule has 0 amide bonds. The molecule has 0 saturated carbocycles. The van der Waals surface area contributed by atoms with Crippen LogP contribution in [0.1, 0.15) is 17.5 Å². The van der Waals surface area contributed by atoms with Crippen LogP contribution < -0.4 is 5.73 Å². The predicted molar refractivity (Wildman–Crippen MR) is 55.3 cm³/mol. The summed E-state index contributed by atoms with van der Waals surface area (Å²) in [6.45, 7) is 1.63. The van der Waals surface area contributed by atoms with Crippen molar-refractivity contribution in [2.75, 3.05) is 5.73 Å². The second-order valence-corrected chi connectivity index (χ2v) is 2.99. The van der Waals surface area contributed by atoms with Gasteiger partial charge in [0.15, 0.2) is 0 Å². The minimum atomic E-state index is -0.327. The fourth-order valence-electron chi connectivity index (χ4n) is 1.10. The predicted octanol–water partition coefficient (Wildman–Crippen LogP) is 2.32. The van der Waals surface area contributed by atoms with Crippen molar-refractivity contribution >= 4 is 18.0 Å². The zero-order valence-corrected chi connectivity index (χ0v) is 7.96. The fourth-order valence-corrected chi connectivity index (χ4v) is 1.10. The molecule has 0 aliphatic heterocycles. The summed E-state index contributed by atoms with van der Waals surface area (Å²) >= 11 is 0. The molecule has 0 bridgehead atoms. The van der Waals surface area contributed by atoms with E-state index in [1.165, 1.54) is 0 Å². The van der Waals surface area contributed by atoms with Gasteiger partial charge in [-0.15, -0.1) is 0 Å². The van der Waals surface area contributed by atoms with Crippen molar-refractivity contribution in [3.8, 4) is 0 Å². The van der Waals surface area contributed by atoms with Crippen molar-refractivity contribution < 1.29 is 9.18 Å². The maximum absolute atomic E-state index is 13.5. The van der Waals surface area contributed by atoms with Crippen LogP contribution in [0.15, 0.2) is 18.2 Å². The van der Waals surface area contributed by atoms with E-state index < -0.39 is 0 Å². The third-order valence-corrected chi connectivity index (χ3v) is 1.99. The number of anilines is 1. The highest BCUT2D eigenvalue weighted by molar-refractivity contribution is 5.61. The molecular weight excluding hydrogens is 181 g/mol. The normalized spacial score (nSPS) is 10.7. The Hall–Kier alpha value is -1.64. The topological polar surface area (TPSA) is 43.1 Å². The van der Waals surface area contributed by atoms with Gasteiger partial charge in [0.2, 0.25) is 0 Å². The van der Waals surface area contributed by atoms with Gasteiger partial charge >= 0.3 is 0 Å². The Morgan fingerprint density at radius 3 is 2.86 bits per heavy atom. The summed E-state index contributed by atoms with van der Waals surface area (Å²) in [6, 6.07) is 3.25. The van der Waals surface area contributed by atoms with Gasteiger partial charge in [0.05, 0.1) is 0 Å². The van der Waals surface area contributed by atoms with E-state index in [2.05, 4.69) is 0 Å². The van der Waals surface area contributed by atoms with Gasteiger partial charge in [-0.2, -0.15) is 0 Å². The quantitative estimate of drug-likeness (QED) is 0.591. The second kappa shape index (κ2) is 4.56. The van der Waals surface area contributed by atoms with Crippen LogP contribution in [-0.2, 0) is 4.79 Å². The number of nitrogens with two attached hydrogens (primary N) is 1. The van der Waals surface area contributed by atoms with Crippen molar-refractivity contribution in [2.45, 2.75) is 13.3 Å². The number of carbonyl (C=O) groups is 1. The lowest BCUT2D eigenvalue weighted by atomic mass is 10.1. The smallest absolute Gasteiger partial charge is 0.135 e. The van der Waals surface area contributed by atoms with Gasteiger partial charge in [0.1, 0.15) is 12.1 Å². The van der Waals surface area contributed by atoms with Crippen LogP contribution in [0.2, 0.25) is 0 Å². The third-order valence-electron chi connectivity index (χ3n) is 1.99. The van der Waals surface area contributed by atoms with Crippen molar-refractivity contribution in [3.05, 3.63) is 35.2 Å². The monoisotopic (exact) mass is 193 g/mol. The highest BCUT2D eigenvalue weighted by Gasteiger charge is 2.04.